The first-order valence-corrected chi connectivity index (χ1v) is 6.52. The number of carbonyl (C=O) groups excluding carboxylic acids is 1. The Morgan fingerprint density at radius 2 is 2.24 bits per heavy atom. The van der Waals surface area contributed by atoms with Crippen LogP contribution in [0.25, 0.3) is 0 Å². The number of hydrogen-bond donors (Lipinski definition) is 1. The smallest absolute Gasteiger partial charge is 0.254 e. The fourth-order valence-electron chi connectivity index (χ4n) is 1.17. The molecule has 0 fully saturated rings. The summed E-state index contributed by atoms with van der Waals surface area (Å²) in [6.45, 7) is 1.29. The minimum atomic E-state index is -0.701. The molecule has 3 nitrogen and oxygen atoms in total. The van der Waals surface area contributed by atoms with Gasteiger partial charge >= 0.3 is 0 Å². The van der Waals surface area contributed by atoms with Crippen LogP contribution in [-0.2, 0) is 4.74 Å². The Morgan fingerprint density at radius 1 is 1.47 bits per heavy atom. The average Bonchev–Trinajstić information content (AvgIpc) is 2.32. The van der Waals surface area contributed by atoms with E-state index in [-0.39, 0.29) is 10.6 Å². The standard InChI is InChI=1S/C11H12BrClFNO2/c12-4-6-17-7-5-15-11(16)8-2-1-3-9(13)10(8)14/h1-3H,4-7H2,(H,15,16). The molecule has 0 radical (unpaired) electrons. The van der Waals surface area contributed by atoms with E-state index in [0.29, 0.717) is 19.8 Å². The quantitative estimate of drug-likeness (QED) is 0.645. The molecule has 0 atom stereocenters. The van der Waals surface area contributed by atoms with E-state index in [4.69, 9.17) is 16.3 Å². The minimum absolute atomic E-state index is 0.0574. The number of ether oxygens (including phenoxy) is 1. The van der Waals surface area contributed by atoms with Crippen molar-refractivity contribution in [3.8, 4) is 0 Å². The summed E-state index contributed by atoms with van der Waals surface area (Å²) >= 11 is 8.78. The molecule has 0 saturated heterocycles. The van der Waals surface area contributed by atoms with Gasteiger partial charge in [-0.15, -0.1) is 0 Å². The van der Waals surface area contributed by atoms with E-state index in [9.17, 15) is 9.18 Å². The molecule has 1 aromatic rings. The molecular formula is C11H12BrClFNO2. The molecule has 94 valence electrons. The zero-order chi connectivity index (χ0) is 12.7. The maximum atomic E-state index is 13.5. The molecular weight excluding hydrogens is 312 g/mol. The molecule has 0 bridgehead atoms. The van der Waals surface area contributed by atoms with E-state index in [1.807, 2.05) is 0 Å². The normalized spacial score (nSPS) is 10.3. The summed E-state index contributed by atoms with van der Waals surface area (Å²) in [5.41, 5.74) is -0.0574. The van der Waals surface area contributed by atoms with Crippen molar-refractivity contribution in [3.05, 3.63) is 34.6 Å². The Hall–Kier alpha value is -0.650. The van der Waals surface area contributed by atoms with E-state index < -0.39 is 11.7 Å². The third kappa shape index (κ3) is 4.61. The van der Waals surface area contributed by atoms with Crippen molar-refractivity contribution in [2.75, 3.05) is 25.1 Å². The van der Waals surface area contributed by atoms with Gasteiger partial charge in [-0.25, -0.2) is 4.39 Å². The first kappa shape index (κ1) is 14.4. The monoisotopic (exact) mass is 323 g/mol. The van der Waals surface area contributed by atoms with Gasteiger partial charge in [-0.1, -0.05) is 33.6 Å². The van der Waals surface area contributed by atoms with Gasteiger partial charge in [-0.2, -0.15) is 0 Å². The fraction of sp³-hybridized carbons (Fsp3) is 0.364. The van der Waals surface area contributed by atoms with E-state index in [0.717, 1.165) is 5.33 Å². The van der Waals surface area contributed by atoms with Crippen molar-refractivity contribution in [2.45, 2.75) is 0 Å². The van der Waals surface area contributed by atoms with Crippen molar-refractivity contribution >= 4 is 33.4 Å². The van der Waals surface area contributed by atoms with Crippen molar-refractivity contribution in [1.29, 1.82) is 0 Å². The topological polar surface area (TPSA) is 38.3 Å². The SMILES string of the molecule is O=C(NCCOCCBr)c1cccc(Cl)c1F. The van der Waals surface area contributed by atoms with E-state index in [2.05, 4.69) is 21.2 Å². The van der Waals surface area contributed by atoms with Crippen LogP contribution >= 0.6 is 27.5 Å². The van der Waals surface area contributed by atoms with E-state index in [1.165, 1.54) is 18.2 Å². The lowest BCUT2D eigenvalue weighted by atomic mass is 10.2. The highest BCUT2D eigenvalue weighted by Crippen LogP contribution is 2.17. The fourth-order valence-corrected chi connectivity index (χ4v) is 1.57. The number of benzene rings is 1. The van der Waals surface area contributed by atoms with Gasteiger partial charge in [0.15, 0.2) is 5.82 Å². The zero-order valence-electron chi connectivity index (χ0n) is 9.01. The minimum Gasteiger partial charge on any atom is -0.379 e. The van der Waals surface area contributed by atoms with Gasteiger partial charge in [0.2, 0.25) is 0 Å². The summed E-state index contributed by atoms with van der Waals surface area (Å²) in [7, 11) is 0. The summed E-state index contributed by atoms with van der Waals surface area (Å²) in [4.78, 5) is 11.6. The zero-order valence-corrected chi connectivity index (χ0v) is 11.4. The molecule has 0 aliphatic heterocycles. The van der Waals surface area contributed by atoms with Crippen LogP contribution in [0.15, 0.2) is 18.2 Å². The summed E-state index contributed by atoms with van der Waals surface area (Å²) in [5, 5.41) is 3.23. The van der Waals surface area contributed by atoms with Crippen LogP contribution in [0.5, 0.6) is 0 Å². The van der Waals surface area contributed by atoms with Crippen molar-refractivity contribution in [2.24, 2.45) is 0 Å². The molecule has 0 saturated carbocycles. The molecule has 0 heterocycles. The number of halogens is 3. The van der Waals surface area contributed by atoms with E-state index in [1.54, 1.807) is 0 Å². The number of amides is 1. The van der Waals surface area contributed by atoms with Crippen molar-refractivity contribution < 1.29 is 13.9 Å². The summed E-state index contributed by atoms with van der Waals surface area (Å²) in [5.74, 6) is -1.19. The molecule has 1 aromatic carbocycles. The molecule has 1 amide bonds. The molecule has 17 heavy (non-hydrogen) atoms. The van der Waals surface area contributed by atoms with Crippen LogP contribution in [0.1, 0.15) is 10.4 Å². The largest absolute Gasteiger partial charge is 0.379 e. The highest BCUT2D eigenvalue weighted by Gasteiger charge is 2.13. The molecule has 6 heteroatoms. The predicted octanol–water partition coefficient (Wildman–Crippen LogP) is 2.62. The van der Waals surface area contributed by atoms with Gasteiger partial charge in [0, 0.05) is 11.9 Å². The van der Waals surface area contributed by atoms with E-state index >= 15 is 0 Å². The lowest BCUT2D eigenvalue weighted by Crippen LogP contribution is -2.28. The molecule has 1 N–H and O–H groups in total. The Labute approximate surface area is 112 Å². The Morgan fingerprint density at radius 3 is 2.94 bits per heavy atom. The summed E-state index contributed by atoms with van der Waals surface area (Å²) in [6.07, 6.45) is 0. The molecule has 1 rings (SSSR count). The van der Waals surface area contributed by atoms with Crippen molar-refractivity contribution in [3.63, 3.8) is 0 Å². The summed E-state index contributed by atoms with van der Waals surface area (Å²) in [6, 6.07) is 4.31. The maximum absolute atomic E-state index is 13.5. The second-order valence-electron chi connectivity index (χ2n) is 3.16. The van der Waals surface area contributed by atoms with Crippen LogP contribution in [0, 0.1) is 5.82 Å². The van der Waals surface area contributed by atoms with Gasteiger partial charge in [0.25, 0.3) is 5.91 Å². The van der Waals surface area contributed by atoms with Crippen LogP contribution in [-0.4, -0.2) is 31.0 Å². The van der Waals surface area contributed by atoms with Crippen LogP contribution < -0.4 is 5.32 Å². The Bertz CT molecular complexity index is 390. The molecule has 0 unspecified atom stereocenters. The number of nitrogens with one attached hydrogen (secondary N) is 1. The number of rotatable bonds is 6. The number of alkyl halides is 1. The molecule has 0 spiro atoms. The first-order chi connectivity index (χ1) is 8.16. The van der Waals surface area contributed by atoms with Gasteiger partial charge in [-0.3, -0.25) is 4.79 Å². The lowest BCUT2D eigenvalue weighted by Gasteiger charge is -2.07. The molecule has 0 aliphatic carbocycles. The van der Waals surface area contributed by atoms with Crippen LogP contribution in [0.2, 0.25) is 5.02 Å². The lowest BCUT2D eigenvalue weighted by molar-refractivity contribution is 0.0920. The van der Waals surface area contributed by atoms with Crippen LogP contribution in [0.3, 0.4) is 0 Å². The second kappa shape index (κ2) is 7.63. The highest BCUT2D eigenvalue weighted by molar-refractivity contribution is 9.09. The summed E-state index contributed by atoms with van der Waals surface area (Å²) < 4.78 is 18.6. The molecule has 0 aliphatic rings. The Balaban J connectivity index is 2.44. The van der Waals surface area contributed by atoms with Crippen LogP contribution in [0.4, 0.5) is 4.39 Å². The van der Waals surface area contributed by atoms with Gasteiger partial charge in [0.05, 0.1) is 23.8 Å². The number of hydrogen-bond acceptors (Lipinski definition) is 2. The van der Waals surface area contributed by atoms with Crippen molar-refractivity contribution in [1.82, 2.24) is 5.32 Å². The van der Waals surface area contributed by atoms with Gasteiger partial charge in [0.1, 0.15) is 0 Å². The van der Waals surface area contributed by atoms with Gasteiger partial charge < -0.3 is 10.1 Å². The third-order valence-electron chi connectivity index (χ3n) is 1.95. The number of carbonyl (C=O) groups is 1. The third-order valence-corrected chi connectivity index (χ3v) is 2.57. The first-order valence-electron chi connectivity index (χ1n) is 5.02. The average molecular weight is 325 g/mol. The second-order valence-corrected chi connectivity index (χ2v) is 4.36. The predicted molar refractivity (Wildman–Crippen MR) is 68.4 cm³/mol. The highest BCUT2D eigenvalue weighted by atomic mass is 79.9. The Kier molecular flexibility index (Phi) is 6.47. The maximum Gasteiger partial charge on any atom is 0.254 e. The van der Waals surface area contributed by atoms with Gasteiger partial charge in [-0.05, 0) is 12.1 Å². The molecule has 0 aromatic heterocycles.